The number of piperazine rings is 1. The summed E-state index contributed by atoms with van der Waals surface area (Å²) in [7, 11) is 1.66. The van der Waals surface area contributed by atoms with Crippen LogP contribution >= 0.6 is 0 Å². The van der Waals surface area contributed by atoms with Gasteiger partial charge in [-0.15, -0.1) is 0 Å². The molecule has 0 aliphatic carbocycles. The van der Waals surface area contributed by atoms with Crippen molar-refractivity contribution in [2.45, 2.75) is 0 Å². The summed E-state index contributed by atoms with van der Waals surface area (Å²) in [4.78, 5) is 25.0. The number of carbonyl (C=O) groups is 1. The minimum atomic E-state index is -0.355. The monoisotopic (exact) mass is 449 g/mol. The number of nitrogens with two attached hydrogens (primary N) is 1. The molecule has 1 aliphatic rings. The Morgan fingerprint density at radius 3 is 2.36 bits per heavy atom. The SMILES string of the molecule is COc1ccc(N2CCN(c3ncnc(NNC(=O)COc4ccccc4)c3N)CC2)cc1. The molecule has 1 aliphatic heterocycles. The zero-order chi connectivity index (χ0) is 23.0. The van der Waals surface area contributed by atoms with Gasteiger partial charge in [0.25, 0.3) is 5.91 Å². The summed E-state index contributed by atoms with van der Waals surface area (Å²) in [6.45, 7) is 3.02. The number of nitrogens with zero attached hydrogens (tertiary/aromatic N) is 4. The fourth-order valence-corrected chi connectivity index (χ4v) is 3.54. The number of methoxy groups -OCH3 is 1. The number of amides is 1. The molecule has 2 aromatic carbocycles. The van der Waals surface area contributed by atoms with Crippen LogP contribution < -0.4 is 35.9 Å². The molecule has 10 nitrogen and oxygen atoms in total. The number of carbonyl (C=O) groups excluding carboxylic acids is 1. The number of nitrogens with one attached hydrogen (secondary N) is 2. The third kappa shape index (κ3) is 5.53. The molecule has 3 aromatic rings. The maximum absolute atomic E-state index is 12.1. The molecule has 1 amide bonds. The van der Waals surface area contributed by atoms with Gasteiger partial charge in [-0.25, -0.2) is 9.97 Å². The van der Waals surface area contributed by atoms with E-state index in [2.05, 4.69) is 42.8 Å². The normalized spacial score (nSPS) is 13.4. The van der Waals surface area contributed by atoms with Crippen molar-refractivity contribution in [3.63, 3.8) is 0 Å². The standard InChI is InChI=1S/C23H27N7O3/c1-32-18-9-7-17(8-10-18)29-11-13-30(14-12-29)23-21(24)22(25-16-26-23)28-27-20(31)15-33-19-5-3-2-4-6-19/h2-10,16H,11-15,24H2,1H3,(H,27,31)(H,25,26,28). The van der Waals surface area contributed by atoms with Crippen molar-refractivity contribution < 1.29 is 14.3 Å². The number of hydrogen-bond acceptors (Lipinski definition) is 9. The number of hydrazine groups is 1. The summed E-state index contributed by atoms with van der Waals surface area (Å²) in [5, 5.41) is 0. The van der Waals surface area contributed by atoms with Crippen LogP contribution in [0.15, 0.2) is 60.9 Å². The Balaban J connectivity index is 1.31. The van der Waals surface area contributed by atoms with Crippen LogP contribution in [0.1, 0.15) is 0 Å². The largest absolute Gasteiger partial charge is 0.497 e. The van der Waals surface area contributed by atoms with Gasteiger partial charge in [0.15, 0.2) is 18.2 Å². The van der Waals surface area contributed by atoms with E-state index in [1.165, 1.54) is 6.33 Å². The first kappa shape index (κ1) is 22.0. The van der Waals surface area contributed by atoms with Crippen LogP contribution in [0.4, 0.5) is 23.0 Å². The van der Waals surface area contributed by atoms with Crippen molar-refractivity contribution in [3.8, 4) is 11.5 Å². The van der Waals surface area contributed by atoms with Gasteiger partial charge < -0.3 is 25.0 Å². The molecule has 4 rings (SSSR count). The first-order valence-electron chi connectivity index (χ1n) is 10.6. The molecule has 1 saturated heterocycles. The van der Waals surface area contributed by atoms with Crippen molar-refractivity contribution in [2.75, 3.05) is 60.9 Å². The van der Waals surface area contributed by atoms with E-state index in [1.54, 1.807) is 19.2 Å². The summed E-state index contributed by atoms with van der Waals surface area (Å²) in [5.74, 6) is 2.07. The molecule has 0 bridgehead atoms. The minimum absolute atomic E-state index is 0.137. The lowest BCUT2D eigenvalue weighted by molar-refractivity contribution is -0.122. The van der Waals surface area contributed by atoms with Crippen LogP contribution in [0.5, 0.6) is 11.5 Å². The van der Waals surface area contributed by atoms with Crippen molar-refractivity contribution in [3.05, 3.63) is 60.9 Å². The zero-order valence-electron chi connectivity index (χ0n) is 18.4. The van der Waals surface area contributed by atoms with Gasteiger partial charge in [-0.3, -0.25) is 15.6 Å². The predicted molar refractivity (Wildman–Crippen MR) is 128 cm³/mol. The van der Waals surface area contributed by atoms with Crippen molar-refractivity contribution in [1.82, 2.24) is 15.4 Å². The van der Waals surface area contributed by atoms with E-state index in [9.17, 15) is 4.79 Å². The number of nitrogen functional groups attached to an aromatic ring is 1. The second kappa shape index (κ2) is 10.4. The van der Waals surface area contributed by atoms with Gasteiger partial charge in [0.1, 0.15) is 23.5 Å². The molecule has 0 atom stereocenters. The second-order valence-electron chi connectivity index (χ2n) is 7.41. The Hall–Kier alpha value is -4.21. The molecule has 2 heterocycles. The molecule has 0 saturated carbocycles. The van der Waals surface area contributed by atoms with E-state index in [-0.39, 0.29) is 12.5 Å². The van der Waals surface area contributed by atoms with E-state index >= 15 is 0 Å². The Bertz CT molecular complexity index is 1060. The van der Waals surface area contributed by atoms with Gasteiger partial charge >= 0.3 is 0 Å². The third-order valence-corrected chi connectivity index (χ3v) is 5.31. The number of para-hydroxylation sites is 1. The van der Waals surface area contributed by atoms with Gasteiger partial charge in [-0.05, 0) is 36.4 Å². The highest BCUT2D eigenvalue weighted by atomic mass is 16.5. The van der Waals surface area contributed by atoms with E-state index in [0.29, 0.717) is 23.1 Å². The maximum Gasteiger partial charge on any atom is 0.276 e. The number of hydrogen-bond donors (Lipinski definition) is 3. The van der Waals surface area contributed by atoms with Crippen LogP contribution in [-0.2, 0) is 4.79 Å². The number of anilines is 4. The molecule has 172 valence electrons. The van der Waals surface area contributed by atoms with Crippen LogP contribution in [0.2, 0.25) is 0 Å². The first-order valence-corrected chi connectivity index (χ1v) is 10.6. The number of rotatable bonds is 8. The Kier molecular flexibility index (Phi) is 6.93. The highest BCUT2D eigenvalue weighted by Gasteiger charge is 2.21. The smallest absolute Gasteiger partial charge is 0.276 e. The van der Waals surface area contributed by atoms with Gasteiger partial charge in [0, 0.05) is 31.9 Å². The Labute approximate surface area is 192 Å². The molecule has 1 aromatic heterocycles. The van der Waals surface area contributed by atoms with E-state index in [1.807, 2.05) is 30.3 Å². The average Bonchev–Trinajstić information content (AvgIpc) is 2.88. The molecular formula is C23H27N7O3. The fourth-order valence-electron chi connectivity index (χ4n) is 3.54. The third-order valence-electron chi connectivity index (χ3n) is 5.31. The summed E-state index contributed by atoms with van der Waals surface area (Å²) in [5.41, 5.74) is 13.2. The summed E-state index contributed by atoms with van der Waals surface area (Å²) in [6.07, 6.45) is 1.43. The van der Waals surface area contributed by atoms with Gasteiger partial charge in [-0.2, -0.15) is 0 Å². The molecule has 0 spiro atoms. The van der Waals surface area contributed by atoms with E-state index < -0.39 is 0 Å². The van der Waals surface area contributed by atoms with Crippen LogP contribution in [0, 0.1) is 0 Å². The highest BCUT2D eigenvalue weighted by molar-refractivity contribution is 5.81. The number of benzene rings is 2. The van der Waals surface area contributed by atoms with Crippen LogP contribution in [0.3, 0.4) is 0 Å². The van der Waals surface area contributed by atoms with Crippen LogP contribution in [-0.4, -0.2) is 55.8 Å². The molecule has 33 heavy (non-hydrogen) atoms. The molecule has 4 N–H and O–H groups in total. The Morgan fingerprint density at radius 1 is 0.970 bits per heavy atom. The fraction of sp³-hybridized carbons (Fsp3) is 0.261. The second-order valence-corrected chi connectivity index (χ2v) is 7.41. The lowest BCUT2D eigenvalue weighted by atomic mass is 10.2. The van der Waals surface area contributed by atoms with Crippen LogP contribution in [0.25, 0.3) is 0 Å². The molecule has 10 heteroatoms. The first-order chi connectivity index (χ1) is 16.1. The van der Waals surface area contributed by atoms with Gasteiger partial charge in [0.2, 0.25) is 0 Å². The quantitative estimate of drug-likeness (QED) is 0.443. The van der Waals surface area contributed by atoms with E-state index in [0.717, 1.165) is 37.6 Å². The molecule has 1 fully saturated rings. The Morgan fingerprint density at radius 2 is 1.67 bits per heavy atom. The predicted octanol–water partition coefficient (Wildman–Crippen LogP) is 1.92. The summed E-state index contributed by atoms with van der Waals surface area (Å²) in [6, 6.07) is 17.1. The molecule has 0 unspecified atom stereocenters. The topological polar surface area (TPSA) is 118 Å². The minimum Gasteiger partial charge on any atom is -0.497 e. The lowest BCUT2D eigenvalue weighted by Crippen LogP contribution is -2.47. The molecule has 0 radical (unpaired) electrons. The zero-order valence-corrected chi connectivity index (χ0v) is 18.4. The van der Waals surface area contributed by atoms with Crippen molar-refractivity contribution in [1.29, 1.82) is 0 Å². The van der Waals surface area contributed by atoms with Crippen molar-refractivity contribution >= 4 is 28.9 Å². The number of aromatic nitrogens is 2. The molecular weight excluding hydrogens is 422 g/mol. The highest BCUT2D eigenvalue weighted by Crippen LogP contribution is 2.28. The van der Waals surface area contributed by atoms with Gasteiger partial charge in [-0.1, -0.05) is 18.2 Å². The van der Waals surface area contributed by atoms with Crippen molar-refractivity contribution in [2.24, 2.45) is 0 Å². The average molecular weight is 450 g/mol. The maximum atomic E-state index is 12.1. The van der Waals surface area contributed by atoms with Gasteiger partial charge in [0.05, 0.1) is 7.11 Å². The summed E-state index contributed by atoms with van der Waals surface area (Å²) < 4.78 is 10.7. The van der Waals surface area contributed by atoms with E-state index in [4.69, 9.17) is 15.2 Å². The summed E-state index contributed by atoms with van der Waals surface area (Å²) >= 11 is 0. The lowest BCUT2D eigenvalue weighted by Gasteiger charge is -2.37. The number of ether oxygens (including phenoxy) is 2.